The number of rotatable bonds is 11. The van der Waals surface area contributed by atoms with Crippen LogP contribution < -0.4 is 10.0 Å². The molecule has 1 aliphatic heterocycles. The minimum absolute atomic E-state index is 0.109. The fourth-order valence-electron chi connectivity index (χ4n) is 7.78. The van der Waals surface area contributed by atoms with Crippen molar-refractivity contribution in [3.8, 4) is 23.0 Å². The zero-order chi connectivity index (χ0) is 46.8. The first-order chi connectivity index (χ1) is 29.5. The van der Waals surface area contributed by atoms with Gasteiger partial charge in [-0.3, -0.25) is 9.69 Å². The highest BCUT2D eigenvalue weighted by Gasteiger charge is 2.76. The molecule has 0 radical (unpaired) electrons. The van der Waals surface area contributed by atoms with Crippen LogP contribution in [-0.4, -0.2) is 86.9 Å². The number of fused-ring (bicyclic) bond motifs is 4. The van der Waals surface area contributed by atoms with Gasteiger partial charge >= 0.3 is 12.4 Å². The van der Waals surface area contributed by atoms with Crippen molar-refractivity contribution in [2.24, 2.45) is 22.9 Å². The molecule has 2 aromatic heterocycles. The number of hydrogen-bond acceptors (Lipinski definition) is 9. The average molecular weight is 952 g/mol. The summed E-state index contributed by atoms with van der Waals surface area (Å²) in [6.45, 7) is 6.07. The summed E-state index contributed by atoms with van der Waals surface area (Å²) in [6, 6.07) is 7.71. The van der Waals surface area contributed by atoms with E-state index in [0.29, 0.717) is 44.8 Å². The number of aromatic nitrogens is 3. The molecule has 5 atom stereocenters. The Morgan fingerprint density at radius 2 is 1.67 bits per heavy atom. The van der Waals surface area contributed by atoms with E-state index < -0.39 is 78.5 Å². The van der Waals surface area contributed by atoms with Crippen molar-refractivity contribution >= 4 is 64.0 Å². The van der Waals surface area contributed by atoms with Crippen LogP contribution in [0.1, 0.15) is 57.1 Å². The first-order valence-corrected chi connectivity index (χ1v) is 22.4. The molecule has 8 nitrogen and oxygen atoms in total. The highest BCUT2D eigenvalue weighted by atomic mass is 35.5. The van der Waals surface area contributed by atoms with Crippen LogP contribution in [-0.2, 0) is 17.8 Å². The molecule has 5 unspecified atom stereocenters. The van der Waals surface area contributed by atoms with Crippen molar-refractivity contribution in [2.75, 3.05) is 30.8 Å². The van der Waals surface area contributed by atoms with Crippen LogP contribution in [0.25, 0.3) is 22.0 Å². The molecule has 7 rings (SSSR count). The standard InChI is InChI=1S/C30H29ClF5N5S2.C10H9F5N2O.C2H6/c1-29(2,42-4)11-10-20-6-7-21(26(38-20)24(37-3)14-17-12-18(32)15-19(33)13-17)22-8-9-23(31)25-27(22)41(16-30(34,35)36)39-28(25)40-43-5;11-9(12)5-3-4(5)6-7(10(13,14)15)16-17(1-2-18)8(6)9;1-2/h6-9,12-13,15,24,37H,14,16H2,1-5H3,(H,39,40);2,4-6,8H,1,3H2;1-2H3. The molecule has 3 heterocycles. The van der Waals surface area contributed by atoms with Gasteiger partial charge in [0.15, 0.2) is 5.82 Å². The Bertz CT molecular complexity index is 2380. The smallest absolute Gasteiger partial charge is 0.313 e. The average Bonchev–Trinajstić information content (AvgIpc) is 3.72. The van der Waals surface area contributed by atoms with Crippen LogP contribution >= 0.6 is 35.3 Å². The van der Waals surface area contributed by atoms with E-state index >= 15 is 0 Å². The first kappa shape index (κ1) is 49.8. The minimum atomic E-state index is -4.71. The largest absolute Gasteiger partial charge is 0.431 e. The Morgan fingerprint density at radius 3 is 2.24 bits per heavy atom. The second-order valence-electron chi connectivity index (χ2n) is 15.1. The van der Waals surface area contributed by atoms with Crippen LogP contribution in [0.15, 0.2) is 47.6 Å². The lowest BCUT2D eigenvalue weighted by molar-refractivity contribution is -0.141. The van der Waals surface area contributed by atoms with Crippen LogP contribution in [0.3, 0.4) is 0 Å². The van der Waals surface area contributed by atoms with Gasteiger partial charge in [0.2, 0.25) is 0 Å². The summed E-state index contributed by atoms with van der Waals surface area (Å²) in [5.74, 6) is -1.10. The van der Waals surface area contributed by atoms with E-state index in [0.717, 1.165) is 10.7 Å². The number of benzene rings is 2. The van der Waals surface area contributed by atoms with Crippen molar-refractivity contribution in [3.63, 3.8) is 0 Å². The fraction of sp³-hybridized carbons (Fsp3) is 0.476. The number of hydrogen-bond donors (Lipinski definition) is 2. The molecule has 2 aliphatic carbocycles. The number of halogens is 11. The normalized spacial score (nSPS) is 20.3. The summed E-state index contributed by atoms with van der Waals surface area (Å²) in [6.07, 6.45) is -5.07. The van der Waals surface area contributed by atoms with Crippen LogP contribution in [0.5, 0.6) is 0 Å². The molecule has 0 spiro atoms. The summed E-state index contributed by atoms with van der Waals surface area (Å²) in [7, 11) is 1.67. The summed E-state index contributed by atoms with van der Waals surface area (Å²) in [4.78, 5) is 15.2. The number of nitrogens with zero attached hydrogens (tertiary/aromatic N) is 5. The third-order valence-electron chi connectivity index (χ3n) is 10.6. The molecule has 2 fully saturated rings. The minimum Gasteiger partial charge on any atom is -0.313 e. The highest BCUT2D eigenvalue weighted by Crippen LogP contribution is 2.66. The summed E-state index contributed by atoms with van der Waals surface area (Å²) in [5, 5.41) is 11.7. The van der Waals surface area contributed by atoms with Gasteiger partial charge in [0.1, 0.15) is 41.9 Å². The SMILES string of the molecule is CC.CNC(Cc1cc(F)cc(F)c1)c1nc(C#CC(C)(C)SC)ccc1-c1ccc(Cl)c2c(NSC)nn(CC(F)(F)F)c12.O=CCN1N=C(C(F)(F)F)C2C3CC3C(F)(F)C21. The van der Waals surface area contributed by atoms with Crippen molar-refractivity contribution in [1.82, 2.24) is 25.1 Å². The van der Waals surface area contributed by atoms with Crippen LogP contribution in [0, 0.1) is 41.2 Å². The van der Waals surface area contributed by atoms with Gasteiger partial charge in [0, 0.05) is 35.3 Å². The Kier molecular flexibility index (Phi) is 15.4. The molecule has 2 aromatic carbocycles. The number of nitrogens with one attached hydrogen (secondary N) is 2. The van der Waals surface area contributed by atoms with Gasteiger partial charge < -0.3 is 14.8 Å². The van der Waals surface area contributed by atoms with Crippen molar-refractivity contribution < 1.29 is 48.7 Å². The Labute approximate surface area is 371 Å². The van der Waals surface area contributed by atoms with Gasteiger partial charge in [0.05, 0.1) is 39.0 Å². The predicted octanol–water partition coefficient (Wildman–Crippen LogP) is 11.0. The molecule has 2 saturated carbocycles. The molecular weight excluding hydrogens is 908 g/mol. The highest BCUT2D eigenvalue weighted by molar-refractivity contribution is 8.00. The lowest BCUT2D eigenvalue weighted by Gasteiger charge is -2.29. The zero-order valence-electron chi connectivity index (χ0n) is 35.0. The number of alkyl halides is 8. The van der Waals surface area contributed by atoms with Crippen molar-refractivity contribution in [3.05, 3.63) is 76.1 Å². The van der Waals surface area contributed by atoms with Gasteiger partial charge in [-0.1, -0.05) is 49.4 Å². The summed E-state index contributed by atoms with van der Waals surface area (Å²) >= 11 is 9.27. The van der Waals surface area contributed by atoms with E-state index in [4.69, 9.17) is 16.6 Å². The van der Waals surface area contributed by atoms with E-state index in [1.54, 1.807) is 49.3 Å². The van der Waals surface area contributed by atoms with E-state index in [-0.39, 0.29) is 33.9 Å². The van der Waals surface area contributed by atoms with Gasteiger partial charge in [-0.05, 0) is 87.7 Å². The maximum absolute atomic E-state index is 14.1. The number of carbonyl (C=O) groups excluding carboxylic acids is 1. The number of hydrazone groups is 1. The van der Waals surface area contributed by atoms with E-state index in [9.17, 15) is 48.7 Å². The van der Waals surface area contributed by atoms with Crippen LogP contribution in [0.4, 0.5) is 49.7 Å². The zero-order valence-corrected chi connectivity index (χ0v) is 37.3. The number of carbonyl (C=O) groups is 1. The molecule has 3 aliphatic rings. The third kappa shape index (κ3) is 11.0. The third-order valence-corrected chi connectivity index (χ3v) is 12.4. The molecule has 4 aromatic rings. The van der Waals surface area contributed by atoms with Gasteiger partial charge in [-0.25, -0.2) is 22.5 Å². The summed E-state index contributed by atoms with van der Waals surface area (Å²) in [5.41, 5.74) is 1.15. The maximum Gasteiger partial charge on any atom is 0.431 e. The monoisotopic (exact) mass is 951 g/mol. The lowest BCUT2D eigenvalue weighted by atomic mass is 9.92. The van der Waals surface area contributed by atoms with Gasteiger partial charge in [0.25, 0.3) is 5.92 Å². The molecule has 0 amide bonds. The molecular formula is C42H44ClF10N7OS2. The number of aldehydes is 1. The van der Waals surface area contributed by atoms with Gasteiger partial charge in [-0.15, -0.1) is 11.8 Å². The lowest BCUT2D eigenvalue weighted by Crippen LogP contribution is -2.46. The number of pyridine rings is 1. The van der Waals surface area contributed by atoms with Crippen LogP contribution in [0.2, 0.25) is 5.02 Å². The number of likely N-dealkylation sites (N-methyl/N-ethyl adjacent to an activating group) is 1. The Morgan fingerprint density at radius 1 is 1.02 bits per heavy atom. The van der Waals surface area contributed by atoms with E-state index in [2.05, 4.69) is 32.1 Å². The fourth-order valence-corrected chi connectivity index (χ4v) is 8.51. The van der Waals surface area contributed by atoms with Crippen molar-refractivity contribution in [2.45, 2.75) is 82.2 Å². The second kappa shape index (κ2) is 19.5. The predicted molar refractivity (Wildman–Crippen MR) is 229 cm³/mol. The Balaban J connectivity index is 0.000000308. The quantitative estimate of drug-likeness (QED) is 0.0665. The molecule has 0 saturated heterocycles. The molecule has 63 heavy (non-hydrogen) atoms. The topological polar surface area (TPSA) is 87.4 Å². The number of anilines is 1. The second-order valence-corrected chi connectivity index (χ2v) is 17.5. The van der Waals surface area contributed by atoms with Crippen molar-refractivity contribution in [1.29, 1.82) is 0 Å². The number of thioether (sulfide) groups is 1. The summed E-state index contributed by atoms with van der Waals surface area (Å²) < 4.78 is 139. The molecule has 0 bridgehead atoms. The van der Waals surface area contributed by atoms with Gasteiger partial charge in [-0.2, -0.15) is 36.5 Å². The van der Waals surface area contributed by atoms with E-state index in [1.165, 1.54) is 24.1 Å². The maximum atomic E-state index is 14.1. The van der Waals surface area contributed by atoms with E-state index in [1.807, 2.05) is 34.0 Å². The molecule has 2 N–H and O–H groups in total. The Hall–Kier alpha value is -4.19. The first-order valence-electron chi connectivity index (χ1n) is 19.5. The molecule has 342 valence electrons. The molecule has 21 heteroatoms.